The van der Waals surface area contributed by atoms with Gasteiger partial charge in [0.2, 0.25) is 10.0 Å². The van der Waals surface area contributed by atoms with Gasteiger partial charge in [0, 0.05) is 23.1 Å². The molecule has 0 saturated heterocycles. The van der Waals surface area contributed by atoms with Gasteiger partial charge in [0.1, 0.15) is 0 Å². The van der Waals surface area contributed by atoms with E-state index >= 15 is 0 Å². The molecule has 0 spiro atoms. The number of sulfonamides is 1. The number of primary sulfonamides is 1. The third-order valence-electron chi connectivity index (χ3n) is 3.06. The molecule has 0 aromatic heterocycles. The summed E-state index contributed by atoms with van der Waals surface area (Å²) in [7, 11) is -2.17. The molecule has 0 fully saturated rings. The molecule has 7 heteroatoms. The van der Waals surface area contributed by atoms with Gasteiger partial charge in [0.15, 0.2) is 0 Å². The maximum atomic E-state index is 12.2. The van der Waals surface area contributed by atoms with Gasteiger partial charge in [-0.25, -0.2) is 13.6 Å². The van der Waals surface area contributed by atoms with Crippen LogP contribution in [0.4, 0.5) is 0 Å². The lowest BCUT2D eigenvalue weighted by atomic mass is 10.1. The summed E-state index contributed by atoms with van der Waals surface area (Å²) in [5, 5.41) is 5.11. The highest BCUT2D eigenvalue weighted by Crippen LogP contribution is 2.23. The first kappa shape index (κ1) is 16.1. The molecule has 0 aliphatic carbocycles. The van der Waals surface area contributed by atoms with Crippen LogP contribution < -0.4 is 5.14 Å². The van der Waals surface area contributed by atoms with Gasteiger partial charge in [0.05, 0.1) is 4.90 Å². The molecule has 1 aromatic carbocycles. The third kappa shape index (κ3) is 3.77. The summed E-state index contributed by atoms with van der Waals surface area (Å²) in [6.07, 6.45) is 0.820. The van der Waals surface area contributed by atoms with Crippen LogP contribution in [-0.2, 0) is 10.0 Å². The van der Waals surface area contributed by atoms with Crippen molar-refractivity contribution < 1.29 is 13.2 Å². The Morgan fingerprint density at radius 3 is 2.53 bits per heavy atom. The lowest BCUT2D eigenvalue weighted by molar-refractivity contribution is 0.0740. The number of hydrogen-bond acceptors (Lipinski definition) is 3. The Bertz CT molecular complexity index is 587. The van der Waals surface area contributed by atoms with E-state index < -0.39 is 10.0 Å². The Hall–Kier alpha value is -0.920. The average molecular weight is 349 g/mol. The van der Waals surface area contributed by atoms with Gasteiger partial charge in [-0.15, -0.1) is 0 Å². The van der Waals surface area contributed by atoms with E-state index in [1.165, 1.54) is 12.1 Å². The van der Waals surface area contributed by atoms with Crippen molar-refractivity contribution in [1.29, 1.82) is 0 Å². The molecule has 1 amide bonds. The summed E-state index contributed by atoms with van der Waals surface area (Å²) >= 11 is 3.11. The standard InChI is InChI=1S/C12H17BrN2O3S/c1-4-8(2)15(3)12(16)9-5-6-10(13)11(7-9)19(14,17)18/h5-8H,4H2,1-3H3,(H2,14,17,18). The van der Waals surface area contributed by atoms with Crippen molar-refractivity contribution in [3.05, 3.63) is 28.2 Å². The Balaban J connectivity index is 3.20. The number of nitrogens with two attached hydrogens (primary N) is 1. The first-order chi connectivity index (χ1) is 8.68. The van der Waals surface area contributed by atoms with E-state index in [-0.39, 0.29) is 16.8 Å². The highest BCUT2D eigenvalue weighted by Gasteiger charge is 2.20. The van der Waals surface area contributed by atoms with E-state index in [1.54, 1.807) is 18.0 Å². The van der Waals surface area contributed by atoms with Gasteiger partial charge in [-0.3, -0.25) is 4.79 Å². The van der Waals surface area contributed by atoms with E-state index in [1.807, 2.05) is 13.8 Å². The number of halogens is 1. The number of benzene rings is 1. The Morgan fingerprint density at radius 1 is 1.47 bits per heavy atom. The van der Waals surface area contributed by atoms with Crippen LogP contribution in [0.25, 0.3) is 0 Å². The fourth-order valence-corrected chi connectivity index (χ4v) is 3.09. The normalized spacial score (nSPS) is 13.1. The summed E-state index contributed by atoms with van der Waals surface area (Å²) < 4.78 is 23.2. The Labute approximate surface area is 122 Å². The van der Waals surface area contributed by atoms with E-state index in [0.29, 0.717) is 10.0 Å². The van der Waals surface area contributed by atoms with Gasteiger partial charge in [-0.05, 0) is 47.5 Å². The first-order valence-electron chi connectivity index (χ1n) is 5.78. The summed E-state index contributed by atoms with van der Waals surface area (Å²) in [6, 6.07) is 4.45. The smallest absolute Gasteiger partial charge is 0.253 e. The average Bonchev–Trinajstić information content (AvgIpc) is 2.35. The fraction of sp³-hybridized carbons (Fsp3) is 0.417. The second kappa shape index (κ2) is 6.02. The van der Waals surface area contributed by atoms with Crippen LogP contribution >= 0.6 is 15.9 Å². The molecule has 0 aliphatic heterocycles. The van der Waals surface area contributed by atoms with Crippen LogP contribution in [0.3, 0.4) is 0 Å². The zero-order valence-electron chi connectivity index (χ0n) is 11.1. The Morgan fingerprint density at radius 2 is 2.05 bits per heavy atom. The number of rotatable bonds is 4. The van der Waals surface area contributed by atoms with Crippen LogP contribution in [-0.4, -0.2) is 32.3 Å². The number of carbonyl (C=O) groups is 1. The van der Waals surface area contributed by atoms with Gasteiger partial charge in [0.25, 0.3) is 5.91 Å². The highest BCUT2D eigenvalue weighted by atomic mass is 79.9. The minimum absolute atomic E-state index is 0.0779. The number of amides is 1. The van der Waals surface area contributed by atoms with Gasteiger partial charge < -0.3 is 4.90 Å². The van der Waals surface area contributed by atoms with Crippen molar-refractivity contribution >= 4 is 31.9 Å². The molecule has 0 bridgehead atoms. The maximum absolute atomic E-state index is 12.2. The van der Waals surface area contributed by atoms with Crippen molar-refractivity contribution in [1.82, 2.24) is 4.90 Å². The van der Waals surface area contributed by atoms with Gasteiger partial charge >= 0.3 is 0 Å². The quantitative estimate of drug-likeness (QED) is 0.902. The van der Waals surface area contributed by atoms with E-state index in [0.717, 1.165) is 6.42 Å². The largest absolute Gasteiger partial charge is 0.339 e. The minimum Gasteiger partial charge on any atom is -0.339 e. The molecule has 1 rings (SSSR count). The van der Waals surface area contributed by atoms with Crippen molar-refractivity contribution in [3.8, 4) is 0 Å². The lowest BCUT2D eigenvalue weighted by Crippen LogP contribution is -2.34. The van der Waals surface area contributed by atoms with Crippen molar-refractivity contribution in [2.24, 2.45) is 5.14 Å². The maximum Gasteiger partial charge on any atom is 0.253 e. The molecule has 0 aliphatic rings. The molecule has 1 unspecified atom stereocenters. The minimum atomic E-state index is -3.86. The van der Waals surface area contributed by atoms with Crippen LogP contribution in [0.2, 0.25) is 0 Å². The molecule has 2 N–H and O–H groups in total. The number of hydrogen-bond donors (Lipinski definition) is 1. The van der Waals surface area contributed by atoms with Crippen LogP contribution in [0, 0.1) is 0 Å². The summed E-state index contributed by atoms with van der Waals surface area (Å²) in [6.45, 7) is 3.91. The van der Waals surface area contributed by atoms with Crippen molar-refractivity contribution in [2.75, 3.05) is 7.05 Å². The number of carbonyl (C=O) groups excluding carboxylic acids is 1. The molecule has 0 heterocycles. The fourth-order valence-electron chi connectivity index (χ4n) is 1.53. The van der Waals surface area contributed by atoms with Gasteiger partial charge in [-0.2, -0.15) is 0 Å². The van der Waals surface area contributed by atoms with Gasteiger partial charge in [-0.1, -0.05) is 6.92 Å². The second-order valence-corrected chi connectivity index (χ2v) is 6.75. The summed E-state index contributed by atoms with van der Waals surface area (Å²) in [5.41, 5.74) is 0.301. The molecular formula is C12H17BrN2O3S. The SMILES string of the molecule is CCC(C)N(C)C(=O)c1ccc(Br)c(S(N)(=O)=O)c1. The zero-order valence-corrected chi connectivity index (χ0v) is 13.5. The molecule has 106 valence electrons. The summed E-state index contributed by atoms with van der Waals surface area (Å²) in [5.74, 6) is -0.230. The third-order valence-corrected chi connectivity index (χ3v) is 4.96. The second-order valence-electron chi connectivity index (χ2n) is 4.36. The van der Waals surface area contributed by atoms with Crippen LogP contribution in [0.1, 0.15) is 30.6 Å². The van der Waals surface area contributed by atoms with E-state index in [9.17, 15) is 13.2 Å². The topological polar surface area (TPSA) is 80.5 Å². The first-order valence-corrected chi connectivity index (χ1v) is 8.12. The van der Waals surface area contributed by atoms with E-state index in [2.05, 4.69) is 15.9 Å². The molecule has 1 aromatic rings. The van der Waals surface area contributed by atoms with Crippen LogP contribution in [0.5, 0.6) is 0 Å². The zero-order chi connectivity index (χ0) is 14.8. The predicted octanol–water partition coefficient (Wildman–Crippen LogP) is 1.97. The monoisotopic (exact) mass is 348 g/mol. The molecule has 19 heavy (non-hydrogen) atoms. The molecular weight excluding hydrogens is 332 g/mol. The summed E-state index contributed by atoms with van der Waals surface area (Å²) in [4.78, 5) is 13.7. The highest BCUT2D eigenvalue weighted by molar-refractivity contribution is 9.10. The van der Waals surface area contributed by atoms with Crippen molar-refractivity contribution in [3.63, 3.8) is 0 Å². The Kier molecular flexibility index (Phi) is 5.11. The van der Waals surface area contributed by atoms with E-state index in [4.69, 9.17) is 5.14 Å². The van der Waals surface area contributed by atoms with Crippen molar-refractivity contribution in [2.45, 2.75) is 31.2 Å². The molecule has 0 radical (unpaired) electrons. The van der Waals surface area contributed by atoms with Crippen LogP contribution in [0.15, 0.2) is 27.6 Å². The molecule has 5 nitrogen and oxygen atoms in total. The lowest BCUT2D eigenvalue weighted by Gasteiger charge is -2.24. The molecule has 1 atom stereocenters. The number of nitrogens with zero attached hydrogens (tertiary/aromatic N) is 1. The molecule has 0 saturated carbocycles. The predicted molar refractivity (Wildman–Crippen MR) is 77.4 cm³/mol.